The van der Waals surface area contributed by atoms with E-state index in [1.807, 2.05) is 31.2 Å². The van der Waals surface area contributed by atoms with E-state index in [4.69, 9.17) is 0 Å². The molecule has 2 heterocycles. The molecule has 3 rings (SSSR count). The van der Waals surface area contributed by atoms with Crippen molar-refractivity contribution in [1.29, 1.82) is 0 Å². The fourth-order valence-electron chi connectivity index (χ4n) is 3.39. The van der Waals surface area contributed by atoms with E-state index in [0.29, 0.717) is 17.3 Å². The number of hydrogen-bond donors (Lipinski definition) is 0. The molecule has 0 saturated carbocycles. The Labute approximate surface area is 148 Å². The molecular formula is C18H24N2O2S2. The van der Waals surface area contributed by atoms with E-state index < -0.39 is 10.0 Å². The topological polar surface area (TPSA) is 40.6 Å². The molecule has 4 nitrogen and oxygen atoms in total. The number of nitrogens with zero attached hydrogens (tertiary/aromatic N) is 2. The lowest BCUT2D eigenvalue weighted by Crippen LogP contribution is -2.58. The highest BCUT2D eigenvalue weighted by molar-refractivity contribution is 7.91. The normalized spacial score (nSPS) is 22.7. The van der Waals surface area contributed by atoms with Gasteiger partial charge in [-0.2, -0.15) is 4.31 Å². The maximum Gasteiger partial charge on any atom is 0.252 e. The molecule has 2 aromatic rings. The molecule has 130 valence electrons. The van der Waals surface area contributed by atoms with Crippen molar-refractivity contribution in [2.45, 2.75) is 43.5 Å². The number of benzene rings is 1. The van der Waals surface area contributed by atoms with E-state index in [9.17, 15) is 8.42 Å². The van der Waals surface area contributed by atoms with Gasteiger partial charge in [0, 0.05) is 35.7 Å². The first-order valence-electron chi connectivity index (χ1n) is 8.35. The Morgan fingerprint density at radius 3 is 2.21 bits per heavy atom. The van der Waals surface area contributed by atoms with Crippen molar-refractivity contribution in [3.8, 4) is 0 Å². The van der Waals surface area contributed by atoms with Crippen molar-refractivity contribution in [2.24, 2.45) is 0 Å². The molecule has 1 fully saturated rings. The summed E-state index contributed by atoms with van der Waals surface area (Å²) in [5.41, 5.74) is 1.15. The van der Waals surface area contributed by atoms with E-state index in [-0.39, 0.29) is 12.1 Å². The quantitative estimate of drug-likeness (QED) is 0.832. The zero-order valence-corrected chi connectivity index (χ0v) is 16.0. The summed E-state index contributed by atoms with van der Waals surface area (Å²) in [7, 11) is -3.40. The van der Waals surface area contributed by atoms with Crippen LogP contribution in [0.2, 0.25) is 0 Å². The van der Waals surface area contributed by atoms with Gasteiger partial charge in [0.15, 0.2) is 0 Å². The predicted molar refractivity (Wildman–Crippen MR) is 100 cm³/mol. The number of anilines is 1. The fourth-order valence-corrected chi connectivity index (χ4v) is 6.45. The molecule has 1 aliphatic heterocycles. The van der Waals surface area contributed by atoms with Gasteiger partial charge >= 0.3 is 0 Å². The van der Waals surface area contributed by atoms with Crippen LogP contribution in [0.3, 0.4) is 0 Å². The monoisotopic (exact) mass is 364 g/mol. The predicted octanol–water partition coefficient (Wildman–Crippen LogP) is 3.60. The molecule has 0 N–H and O–H groups in total. The van der Waals surface area contributed by atoms with E-state index in [2.05, 4.69) is 30.9 Å². The number of piperazine rings is 1. The molecule has 0 spiro atoms. The van der Waals surface area contributed by atoms with Gasteiger partial charge in [-0.15, -0.1) is 11.3 Å². The number of thiophene rings is 1. The third-order valence-electron chi connectivity index (χ3n) is 4.52. The lowest BCUT2D eigenvalue weighted by molar-refractivity contribution is 0.302. The lowest BCUT2D eigenvalue weighted by atomic mass is 10.1. The van der Waals surface area contributed by atoms with Crippen molar-refractivity contribution < 1.29 is 8.42 Å². The SMILES string of the molecule is CCc1ccc(S(=O)(=O)N2CC(C)N(c3ccccc3)C(C)C2)s1. The maximum absolute atomic E-state index is 13.0. The molecule has 0 amide bonds. The summed E-state index contributed by atoms with van der Waals surface area (Å²) in [6.07, 6.45) is 0.870. The molecule has 1 saturated heterocycles. The van der Waals surface area contributed by atoms with Gasteiger partial charge in [-0.3, -0.25) is 0 Å². The Morgan fingerprint density at radius 2 is 1.67 bits per heavy atom. The van der Waals surface area contributed by atoms with Crippen LogP contribution in [0.15, 0.2) is 46.7 Å². The van der Waals surface area contributed by atoms with Gasteiger partial charge in [-0.25, -0.2) is 8.42 Å². The van der Waals surface area contributed by atoms with Gasteiger partial charge in [0.25, 0.3) is 10.0 Å². The number of aryl methyl sites for hydroxylation is 1. The van der Waals surface area contributed by atoms with Crippen molar-refractivity contribution in [3.05, 3.63) is 47.3 Å². The number of sulfonamides is 1. The highest BCUT2D eigenvalue weighted by atomic mass is 32.2. The number of para-hydroxylation sites is 1. The summed E-state index contributed by atoms with van der Waals surface area (Å²) in [5.74, 6) is 0. The fraction of sp³-hybridized carbons (Fsp3) is 0.444. The van der Waals surface area contributed by atoms with Gasteiger partial charge in [-0.1, -0.05) is 25.1 Å². The molecule has 2 unspecified atom stereocenters. The molecule has 2 atom stereocenters. The van der Waals surface area contributed by atoms with Gasteiger partial charge in [0.05, 0.1) is 0 Å². The van der Waals surface area contributed by atoms with Crippen LogP contribution in [-0.2, 0) is 16.4 Å². The second-order valence-electron chi connectivity index (χ2n) is 6.34. The van der Waals surface area contributed by atoms with Crippen molar-refractivity contribution >= 4 is 27.0 Å². The average Bonchev–Trinajstić information content (AvgIpc) is 3.05. The van der Waals surface area contributed by atoms with Crippen LogP contribution < -0.4 is 4.90 Å². The van der Waals surface area contributed by atoms with Crippen LogP contribution in [-0.4, -0.2) is 37.9 Å². The minimum absolute atomic E-state index is 0.136. The van der Waals surface area contributed by atoms with E-state index in [0.717, 1.165) is 17.0 Å². The lowest BCUT2D eigenvalue weighted by Gasteiger charge is -2.45. The summed E-state index contributed by atoms with van der Waals surface area (Å²) in [5, 5.41) is 0. The van der Waals surface area contributed by atoms with Crippen LogP contribution in [0.5, 0.6) is 0 Å². The molecule has 0 bridgehead atoms. The highest BCUT2D eigenvalue weighted by Gasteiger charge is 2.36. The third-order valence-corrected chi connectivity index (χ3v) is 8.05. The summed E-state index contributed by atoms with van der Waals surface area (Å²) in [4.78, 5) is 3.43. The minimum Gasteiger partial charge on any atom is -0.363 e. The van der Waals surface area contributed by atoms with Crippen LogP contribution >= 0.6 is 11.3 Å². The first-order valence-corrected chi connectivity index (χ1v) is 10.6. The second-order valence-corrected chi connectivity index (χ2v) is 9.67. The second kappa shape index (κ2) is 6.86. The first kappa shape index (κ1) is 17.5. The largest absolute Gasteiger partial charge is 0.363 e. The van der Waals surface area contributed by atoms with Crippen LogP contribution in [0.25, 0.3) is 0 Å². The van der Waals surface area contributed by atoms with Gasteiger partial charge in [0.1, 0.15) is 4.21 Å². The van der Waals surface area contributed by atoms with E-state index in [1.165, 1.54) is 11.3 Å². The molecule has 6 heteroatoms. The summed E-state index contributed by atoms with van der Waals surface area (Å²) in [6, 6.07) is 14.2. The summed E-state index contributed by atoms with van der Waals surface area (Å²) < 4.78 is 28.0. The molecule has 24 heavy (non-hydrogen) atoms. The number of hydrogen-bond acceptors (Lipinski definition) is 4. The molecule has 1 aromatic carbocycles. The van der Waals surface area contributed by atoms with Crippen LogP contribution in [0, 0.1) is 0 Å². The smallest absolute Gasteiger partial charge is 0.252 e. The third kappa shape index (κ3) is 3.23. The first-order chi connectivity index (χ1) is 11.4. The van der Waals surface area contributed by atoms with Crippen LogP contribution in [0.4, 0.5) is 5.69 Å². The Bertz CT molecular complexity index is 774. The van der Waals surface area contributed by atoms with Crippen molar-refractivity contribution in [1.82, 2.24) is 4.31 Å². The molecule has 1 aliphatic rings. The minimum atomic E-state index is -3.40. The number of rotatable bonds is 4. The highest BCUT2D eigenvalue weighted by Crippen LogP contribution is 2.30. The Hall–Kier alpha value is -1.37. The molecule has 0 aliphatic carbocycles. The summed E-state index contributed by atoms with van der Waals surface area (Å²) in [6.45, 7) is 7.26. The maximum atomic E-state index is 13.0. The van der Waals surface area contributed by atoms with Crippen LogP contribution in [0.1, 0.15) is 25.6 Å². The standard InChI is InChI=1S/C18H24N2O2S2/c1-4-17-10-11-18(23-17)24(21,22)19-12-14(2)20(15(3)13-19)16-8-6-5-7-9-16/h5-11,14-15H,4,12-13H2,1-3H3. The van der Waals surface area contributed by atoms with E-state index >= 15 is 0 Å². The average molecular weight is 365 g/mol. The van der Waals surface area contributed by atoms with Crippen molar-refractivity contribution in [2.75, 3.05) is 18.0 Å². The Morgan fingerprint density at radius 1 is 1.04 bits per heavy atom. The zero-order chi connectivity index (χ0) is 17.3. The Balaban J connectivity index is 1.83. The van der Waals surface area contributed by atoms with Gasteiger partial charge < -0.3 is 4.90 Å². The summed E-state index contributed by atoms with van der Waals surface area (Å²) >= 11 is 1.39. The van der Waals surface area contributed by atoms with Gasteiger partial charge in [0.2, 0.25) is 0 Å². The van der Waals surface area contributed by atoms with E-state index in [1.54, 1.807) is 10.4 Å². The van der Waals surface area contributed by atoms with Gasteiger partial charge in [-0.05, 0) is 44.5 Å². The molecule has 0 radical (unpaired) electrons. The molecule has 1 aromatic heterocycles. The zero-order valence-electron chi connectivity index (χ0n) is 14.3. The Kier molecular flexibility index (Phi) is 4.99. The van der Waals surface area contributed by atoms with Crippen molar-refractivity contribution in [3.63, 3.8) is 0 Å². The molecular weight excluding hydrogens is 340 g/mol.